The number of aromatic nitrogens is 1. The largest absolute Gasteiger partial charge is 0.374 e. The summed E-state index contributed by atoms with van der Waals surface area (Å²) in [4.78, 5) is 17.0. The molecule has 2 N–H and O–H groups in total. The number of carbonyl (C=O) groups excluding carboxylic acids is 1. The van der Waals surface area contributed by atoms with E-state index in [9.17, 15) is 4.79 Å². The summed E-state index contributed by atoms with van der Waals surface area (Å²) in [5.74, 6) is 0.0838. The fraction of sp³-hybridized carbons (Fsp3) is 0.364. The van der Waals surface area contributed by atoms with Crippen LogP contribution >= 0.6 is 11.3 Å². The zero-order chi connectivity index (χ0) is 18.6. The maximum absolute atomic E-state index is 12.3. The first kappa shape index (κ1) is 18.0. The second-order valence-electron chi connectivity index (χ2n) is 7.31. The summed E-state index contributed by atoms with van der Waals surface area (Å²) in [6.07, 6.45) is 5.50. The first-order valence-electron chi connectivity index (χ1n) is 9.68. The molecular formula is C22H25N3OS. The van der Waals surface area contributed by atoms with E-state index in [1.807, 2.05) is 25.1 Å². The maximum Gasteiger partial charge on any atom is 0.242 e. The standard InChI is InChI=1S/C22H25N3OS/c1-15(22(26)24-17-6-2-3-7-17)23-18-12-10-16(11-13-18)14-21-25-19-8-4-5-9-20(19)27-21/h4-5,8-13,15,17,23H,2-3,6-7,14H2,1H3,(H,24,26). The van der Waals surface area contributed by atoms with Crippen LogP contribution in [-0.2, 0) is 11.2 Å². The minimum absolute atomic E-state index is 0.0838. The molecule has 1 aromatic heterocycles. The molecule has 1 unspecified atom stereocenters. The van der Waals surface area contributed by atoms with Gasteiger partial charge in [0.15, 0.2) is 0 Å². The molecule has 140 valence electrons. The van der Waals surface area contributed by atoms with E-state index in [0.717, 1.165) is 35.5 Å². The van der Waals surface area contributed by atoms with Crippen molar-refractivity contribution in [3.8, 4) is 0 Å². The lowest BCUT2D eigenvalue weighted by atomic mass is 10.1. The van der Waals surface area contributed by atoms with Crippen molar-refractivity contribution in [2.24, 2.45) is 0 Å². The molecule has 1 fully saturated rings. The van der Waals surface area contributed by atoms with Crippen LogP contribution in [0.15, 0.2) is 48.5 Å². The minimum Gasteiger partial charge on any atom is -0.374 e. The number of hydrogen-bond donors (Lipinski definition) is 2. The number of amides is 1. The Morgan fingerprint density at radius 1 is 1.15 bits per heavy atom. The molecule has 0 radical (unpaired) electrons. The molecule has 5 heteroatoms. The molecule has 27 heavy (non-hydrogen) atoms. The van der Waals surface area contributed by atoms with Crippen molar-refractivity contribution in [2.45, 2.75) is 51.1 Å². The number of anilines is 1. The van der Waals surface area contributed by atoms with Gasteiger partial charge in [-0.15, -0.1) is 11.3 Å². The molecule has 4 rings (SSSR count). The fourth-order valence-electron chi connectivity index (χ4n) is 3.60. The van der Waals surface area contributed by atoms with E-state index >= 15 is 0 Å². The lowest BCUT2D eigenvalue weighted by Gasteiger charge is -2.18. The normalized spacial score (nSPS) is 15.7. The molecule has 1 aliphatic rings. The van der Waals surface area contributed by atoms with E-state index in [-0.39, 0.29) is 11.9 Å². The average Bonchev–Trinajstić information content (AvgIpc) is 3.32. The van der Waals surface area contributed by atoms with Gasteiger partial charge in [-0.2, -0.15) is 0 Å². The van der Waals surface area contributed by atoms with Crippen LogP contribution in [0.1, 0.15) is 43.2 Å². The number of rotatable bonds is 6. The Morgan fingerprint density at radius 3 is 2.63 bits per heavy atom. The Bertz CT molecular complexity index is 880. The molecule has 1 amide bonds. The topological polar surface area (TPSA) is 54.0 Å². The molecule has 2 aromatic carbocycles. The molecule has 0 spiro atoms. The third-order valence-electron chi connectivity index (χ3n) is 5.13. The predicted octanol–water partition coefficient (Wildman–Crippen LogP) is 4.75. The molecule has 1 saturated carbocycles. The van der Waals surface area contributed by atoms with Gasteiger partial charge in [0.05, 0.1) is 15.2 Å². The first-order valence-corrected chi connectivity index (χ1v) is 10.5. The smallest absolute Gasteiger partial charge is 0.242 e. The second kappa shape index (κ2) is 8.09. The summed E-state index contributed by atoms with van der Waals surface area (Å²) < 4.78 is 1.23. The Hall–Kier alpha value is -2.40. The van der Waals surface area contributed by atoms with Crippen LogP contribution in [0, 0.1) is 0 Å². The van der Waals surface area contributed by atoms with Gasteiger partial charge in [0.1, 0.15) is 6.04 Å². The maximum atomic E-state index is 12.3. The Kier molecular flexibility index (Phi) is 5.39. The zero-order valence-electron chi connectivity index (χ0n) is 15.6. The van der Waals surface area contributed by atoms with Crippen molar-refractivity contribution in [2.75, 3.05) is 5.32 Å². The SMILES string of the molecule is CC(Nc1ccc(Cc2nc3ccccc3s2)cc1)C(=O)NC1CCCC1. The van der Waals surface area contributed by atoms with Crippen LogP contribution in [0.3, 0.4) is 0 Å². The summed E-state index contributed by atoms with van der Waals surface area (Å²) in [7, 11) is 0. The van der Waals surface area contributed by atoms with E-state index in [1.165, 1.54) is 23.1 Å². The van der Waals surface area contributed by atoms with Gasteiger partial charge in [-0.3, -0.25) is 4.79 Å². The number of hydrogen-bond acceptors (Lipinski definition) is 4. The van der Waals surface area contributed by atoms with Crippen LogP contribution in [-0.4, -0.2) is 23.0 Å². The van der Waals surface area contributed by atoms with Gasteiger partial charge >= 0.3 is 0 Å². The molecule has 0 bridgehead atoms. The average molecular weight is 380 g/mol. The lowest BCUT2D eigenvalue weighted by Crippen LogP contribution is -2.42. The van der Waals surface area contributed by atoms with E-state index in [1.54, 1.807) is 11.3 Å². The zero-order valence-corrected chi connectivity index (χ0v) is 16.4. The molecular weight excluding hydrogens is 354 g/mol. The highest BCUT2D eigenvalue weighted by atomic mass is 32.1. The second-order valence-corrected chi connectivity index (χ2v) is 8.42. The third-order valence-corrected chi connectivity index (χ3v) is 6.16. The number of thiazole rings is 1. The van der Waals surface area contributed by atoms with E-state index in [0.29, 0.717) is 6.04 Å². The summed E-state index contributed by atoms with van der Waals surface area (Å²) in [5.41, 5.74) is 3.26. The highest BCUT2D eigenvalue weighted by molar-refractivity contribution is 7.18. The van der Waals surface area contributed by atoms with Gasteiger partial charge in [0.25, 0.3) is 0 Å². The Labute approximate surface area is 164 Å². The number of para-hydroxylation sites is 1. The number of carbonyl (C=O) groups is 1. The number of nitrogens with one attached hydrogen (secondary N) is 2. The van der Waals surface area contributed by atoms with Crippen molar-refractivity contribution < 1.29 is 4.79 Å². The van der Waals surface area contributed by atoms with E-state index < -0.39 is 0 Å². The predicted molar refractivity (Wildman–Crippen MR) is 112 cm³/mol. The summed E-state index contributed by atoms with van der Waals surface area (Å²) >= 11 is 1.75. The van der Waals surface area contributed by atoms with Gasteiger partial charge in [-0.1, -0.05) is 37.1 Å². The monoisotopic (exact) mass is 379 g/mol. The van der Waals surface area contributed by atoms with Crippen molar-refractivity contribution >= 4 is 33.1 Å². The van der Waals surface area contributed by atoms with Crippen molar-refractivity contribution in [3.05, 3.63) is 59.1 Å². The fourth-order valence-corrected chi connectivity index (χ4v) is 4.60. The Morgan fingerprint density at radius 2 is 1.89 bits per heavy atom. The van der Waals surface area contributed by atoms with Crippen LogP contribution in [0.5, 0.6) is 0 Å². The van der Waals surface area contributed by atoms with Crippen molar-refractivity contribution in [1.82, 2.24) is 10.3 Å². The molecule has 1 aliphatic carbocycles. The van der Waals surface area contributed by atoms with Crippen LogP contribution in [0.2, 0.25) is 0 Å². The molecule has 1 heterocycles. The van der Waals surface area contributed by atoms with Crippen molar-refractivity contribution in [1.29, 1.82) is 0 Å². The van der Waals surface area contributed by atoms with Gasteiger partial charge in [-0.25, -0.2) is 4.98 Å². The van der Waals surface area contributed by atoms with E-state index in [4.69, 9.17) is 4.98 Å². The number of benzene rings is 2. The molecule has 3 aromatic rings. The molecule has 1 atom stereocenters. The van der Waals surface area contributed by atoms with Crippen LogP contribution in [0.4, 0.5) is 5.69 Å². The summed E-state index contributed by atoms with van der Waals surface area (Å²) in [6, 6.07) is 16.7. The first-order chi connectivity index (χ1) is 13.2. The summed E-state index contributed by atoms with van der Waals surface area (Å²) in [5, 5.41) is 7.58. The van der Waals surface area contributed by atoms with Crippen LogP contribution < -0.4 is 10.6 Å². The third kappa shape index (κ3) is 4.48. The minimum atomic E-state index is -0.235. The molecule has 4 nitrogen and oxygen atoms in total. The number of nitrogens with zero attached hydrogens (tertiary/aromatic N) is 1. The quantitative estimate of drug-likeness (QED) is 0.650. The lowest BCUT2D eigenvalue weighted by molar-refractivity contribution is -0.122. The van der Waals surface area contributed by atoms with Gasteiger partial charge in [0, 0.05) is 18.2 Å². The molecule has 0 aliphatic heterocycles. The van der Waals surface area contributed by atoms with Gasteiger partial charge in [0.2, 0.25) is 5.91 Å². The Balaban J connectivity index is 1.34. The molecule has 0 saturated heterocycles. The van der Waals surface area contributed by atoms with Crippen LogP contribution in [0.25, 0.3) is 10.2 Å². The summed E-state index contributed by atoms with van der Waals surface area (Å²) in [6.45, 7) is 1.92. The van der Waals surface area contributed by atoms with Gasteiger partial charge < -0.3 is 10.6 Å². The van der Waals surface area contributed by atoms with E-state index in [2.05, 4.69) is 41.0 Å². The number of fused-ring (bicyclic) bond motifs is 1. The highest BCUT2D eigenvalue weighted by Crippen LogP contribution is 2.24. The highest BCUT2D eigenvalue weighted by Gasteiger charge is 2.20. The van der Waals surface area contributed by atoms with Crippen molar-refractivity contribution in [3.63, 3.8) is 0 Å². The van der Waals surface area contributed by atoms with Gasteiger partial charge in [-0.05, 0) is 49.6 Å².